The third-order valence-electron chi connectivity index (χ3n) is 16.5. The van der Waals surface area contributed by atoms with E-state index in [1.807, 2.05) is 78.8 Å². The number of carbonyl (C=O) groups excluding carboxylic acids is 4. The second-order valence-corrected chi connectivity index (χ2v) is 28.0. The number of aliphatic hydroxyl groups is 5. The van der Waals surface area contributed by atoms with Crippen LogP contribution < -0.4 is 96.3 Å². The van der Waals surface area contributed by atoms with E-state index < -0.39 is 69.9 Å². The Morgan fingerprint density at radius 2 is 0.727 bits per heavy atom. The number of halogens is 5. The number of nitrogens with zero attached hydrogens (tertiary/aromatic N) is 6. The van der Waals surface area contributed by atoms with E-state index in [0.717, 1.165) is 57.1 Å². The molecule has 0 aliphatic rings. The maximum atomic E-state index is 13.4. The number of nitrogens with two attached hydrogens (primary N) is 4. The number of ether oxygens (including phenoxy) is 17. The summed E-state index contributed by atoms with van der Waals surface area (Å²) in [5.74, 6) is -1.40. The van der Waals surface area contributed by atoms with E-state index >= 15 is 0 Å². The molecule has 0 fully saturated rings. The molecule has 16 N–H and O–H groups in total. The Morgan fingerprint density at radius 3 is 0.986 bits per heavy atom. The number of hydrogen-bond donors (Lipinski definition) is 12. The van der Waals surface area contributed by atoms with Crippen molar-refractivity contribution in [3.8, 4) is 29.4 Å². The van der Waals surface area contributed by atoms with E-state index in [4.69, 9.17) is 129 Å². The van der Waals surface area contributed by atoms with Gasteiger partial charge in [-0.25, -0.2) is 27.9 Å². The van der Waals surface area contributed by atoms with Gasteiger partial charge in [0.15, 0.2) is 5.92 Å². The number of methoxy groups -OCH3 is 6. The van der Waals surface area contributed by atoms with Gasteiger partial charge in [-0.1, -0.05) is 87.1 Å². The fourth-order valence-electron chi connectivity index (χ4n) is 9.11. The number of carboxylic acids is 1. The topological polar surface area (TPSA) is 641 Å². The Balaban J connectivity index is -0.0000000996. The summed E-state index contributed by atoms with van der Waals surface area (Å²) in [5, 5.41) is 68.5. The van der Waals surface area contributed by atoms with Crippen LogP contribution in [0, 0.1) is 75.6 Å². The van der Waals surface area contributed by atoms with E-state index in [0.29, 0.717) is 130 Å². The molecular formula is C92H161BCl2F3N10Na2O32S. The smallest absolute Gasteiger partial charge is 1.00 e. The molecule has 51 heteroatoms. The molecule has 4 atom stereocenters. The molecule has 4 aromatic carbocycles. The summed E-state index contributed by atoms with van der Waals surface area (Å²) >= 11 is 0. The van der Waals surface area contributed by atoms with Crippen LogP contribution in [0.25, 0.3) is 21.8 Å². The van der Waals surface area contributed by atoms with Gasteiger partial charge in [-0.2, -0.15) is 28.9 Å². The number of esters is 3. The van der Waals surface area contributed by atoms with Gasteiger partial charge in [0.2, 0.25) is 11.9 Å². The first kappa shape index (κ1) is 163. The molecule has 3 radical (unpaired) electrons. The van der Waals surface area contributed by atoms with Gasteiger partial charge in [0.05, 0.1) is 94.5 Å². The van der Waals surface area contributed by atoms with Crippen molar-refractivity contribution in [1.29, 1.82) is 10.5 Å². The molecule has 0 spiro atoms. The SMILES string of the molecule is C.CCC(CO)CO.CCC(CO)COCOC.CCC(CO)COc1cccc2nc(N)nc(N)c12.CCC(COCOC)COc1cccc(F)c1C#N.CCC(COCOC)COc1cccc2nc(N)nc(N)c12.CCCC(=O)O.CCCC(=O)OCC.CCO.CCOC(=O)C(CC)C(=O)OCC.CCOC(=O)OCC.COC(OC)OC.Cl.Cl.N#Cc1c(F)cccc1F.O=S(=O)(O)O.[B].[H-].[H-].[Na+].[Na+]. The molecule has 42 nitrogen and oxygen atoms in total. The van der Waals surface area contributed by atoms with E-state index in [9.17, 15) is 37.1 Å². The van der Waals surface area contributed by atoms with Crippen LogP contribution in [0.4, 0.5) is 41.5 Å². The van der Waals surface area contributed by atoms with Gasteiger partial charge in [0.25, 0.3) is 6.48 Å². The average molecular weight is 2140 g/mol. The minimum absolute atomic E-state index is 0. The Labute approximate surface area is 903 Å². The summed E-state index contributed by atoms with van der Waals surface area (Å²) in [5.41, 5.74) is 23.7. The summed E-state index contributed by atoms with van der Waals surface area (Å²) in [6.07, 6.45) is 6.72. The minimum Gasteiger partial charge on any atom is -1.00 e. The van der Waals surface area contributed by atoms with Gasteiger partial charge in [-0.15, -0.1) is 24.8 Å². The van der Waals surface area contributed by atoms with Gasteiger partial charge in [0, 0.05) is 127 Å². The molecule has 0 aliphatic heterocycles. The van der Waals surface area contributed by atoms with E-state index in [1.165, 1.54) is 45.6 Å². The van der Waals surface area contributed by atoms with Crippen LogP contribution in [0.15, 0.2) is 72.8 Å². The zero-order chi connectivity index (χ0) is 106. The number of aliphatic carboxylic acids is 1. The van der Waals surface area contributed by atoms with Gasteiger partial charge < -0.3 is 137 Å². The van der Waals surface area contributed by atoms with Crippen molar-refractivity contribution in [1.82, 2.24) is 19.9 Å². The minimum atomic E-state index is -4.67. The predicted octanol–water partition coefficient (Wildman–Crippen LogP) is 7.62. The fraction of sp³-hybridized carbons (Fsp3) is 0.620. The maximum Gasteiger partial charge on any atom is 1.00 e. The number of rotatable bonds is 45. The Hall–Kier alpha value is -7.97. The molecule has 0 aliphatic carbocycles. The first-order valence-corrected chi connectivity index (χ1v) is 45.3. The molecule has 143 heavy (non-hydrogen) atoms. The normalized spacial score (nSPS) is 10.5. The van der Waals surface area contributed by atoms with E-state index in [1.54, 1.807) is 81.1 Å². The first-order valence-electron chi connectivity index (χ1n) is 43.9. The molecule has 2 aromatic heterocycles. The number of fused-ring (bicyclic) bond motifs is 2. The Bertz CT molecular complexity index is 4170. The predicted molar refractivity (Wildman–Crippen MR) is 537 cm³/mol. The fourth-order valence-corrected chi connectivity index (χ4v) is 9.11. The quantitative estimate of drug-likeness (QED) is 0.00332. The van der Waals surface area contributed by atoms with Crippen molar-refractivity contribution in [3.05, 3.63) is 101 Å². The van der Waals surface area contributed by atoms with Gasteiger partial charge in [-0.3, -0.25) is 28.3 Å². The van der Waals surface area contributed by atoms with Crippen LogP contribution in [0.1, 0.15) is 183 Å². The van der Waals surface area contributed by atoms with Crippen molar-refractivity contribution in [2.24, 2.45) is 35.5 Å². The number of nitrogen functional groups attached to an aromatic ring is 4. The number of carbonyl (C=O) groups is 5. The molecule has 6 aromatic rings. The van der Waals surface area contributed by atoms with E-state index in [2.05, 4.69) is 60.0 Å². The van der Waals surface area contributed by atoms with Crippen molar-refractivity contribution in [2.45, 2.75) is 175 Å². The molecule has 0 bridgehead atoms. The number of carboxylic acid groups (broad SMARTS) is 1. The molecule has 0 amide bonds. The third-order valence-corrected chi connectivity index (χ3v) is 16.5. The van der Waals surface area contributed by atoms with Gasteiger partial charge in [-0.05, 0) is 141 Å². The standard InChI is InChI=1S/C15H22N4O3.C14H18FNO3.C13H18N4O2.C9H16O4.C7H3F2N.C7H16O3.C6H12O2.C5H10O3.C5H12O2.C4H10O3.C4H8O2.C2H6O.CH4.B.2ClH.2Na.H2O4S.2H/c1-3-10(7-21-9-20-2)8-22-12-6-4-5-11-13(12)14(16)19-15(17)18-11;1-3-11(8-18-10-17-2)9-19-14-6-4-5-13(15)12(14)7-16;1-2-8(6-18)7-19-10-5-3-4-9-11(10)12(14)17-13(15)16-9;1-4-7(8(10)12-5-2)9(11)13-6-3;8-6-2-1-3-7(9)5(6)4-10;1-3-7(4-8)5-10-6-9-2;1-3-5-6(7)8-4-2;1-3-7-5(6)8-4-2;1-2-5(3-6)4-7;1-5-4(6-2)7-3;1-2-3-4(5)6;1-2-3;;;;;;;1-5(2,3)4;;/h4-6,10H,3,7-9H2,1-2H3,(H4,16,17,18,19);4-6,11H,3,8-10H2,1-2H3;3-5,8,18H,2,6-7H2,1H3,(H4,14,15,16,17);7H,4-6H2,1-3H3;1-3H;7-8H,3-6H2,1-2H3;3-5H2,1-2H3;3-4H2,1-2H3;5-7H,2-4H2,1H3;4H,1-3H3;2-3H2,1H3,(H,5,6);3H,2H2,1H3;1H4;;2*1H;;;(H2,1,2,3,4);;/q;;;;;;;;;;;;;;;;2*+1;;2*-1. The van der Waals surface area contributed by atoms with Crippen LogP contribution >= 0.6 is 24.8 Å². The second-order valence-electron chi connectivity index (χ2n) is 27.1. The number of hydrogen-bond acceptors (Lipinski definition) is 39. The summed E-state index contributed by atoms with van der Waals surface area (Å²) in [7, 11) is 4.61. The van der Waals surface area contributed by atoms with Gasteiger partial charge >= 0.3 is 99.5 Å². The number of anilines is 4. The van der Waals surface area contributed by atoms with Crippen molar-refractivity contribution >= 4 is 119 Å². The zero-order valence-corrected chi connectivity index (χ0v) is 92.7. The first-order chi connectivity index (χ1) is 65.3. The zero-order valence-electron chi connectivity index (χ0n) is 88.3. The summed E-state index contributed by atoms with van der Waals surface area (Å²) < 4.78 is 154. The maximum absolute atomic E-state index is 13.4. The second kappa shape index (κ2) is 111. The molecular weight excluding hydrogens is 1970 g/mol. The molecule has 2 heterocycles. The van der Waals surface area contributed by atoms with Crippen LogP contribution in [0.2, 0.25) is 0 Å². The molecule has 6 rings (SSSR count). The third kappa shape index (κ3) is 90.1. The Morgan fingerprint density at radius 1 is 0.434 bits per heavy atom. The van der Waals surface area contributed by atoms with Gasteiger partial charge in [0.1, 0.15) is 90.0 Å². The number of nitriles is 2. The molecule has 4 unspecified atom stereocenters. The molecule has 817 valence electrons. The molecule has 0 saturated heterocycles. The van der Waals surface area contributed by atoms with Crippen LogP contribution in [-0.4, -0.2) is 282 Å². The number of aromatic nitrogens is 4. The number of benzene rings is 4. The van der Waals surface area contributed by atoms with Crippen molar-refractivity contribution in [3.63, 3.8) is 0 Å². The summed E-state index contributed by atoms with van der Waals surface area (Å²) in [4.78, 5) is 68.8. The largest absolute Gasteiger partial charge is 1.00 e. The van der Waals surface area contributed by atoms with Crippen molar-refractivity contribution < 1.29 is 228 Å². The summed E-state index contributed by atoms with van der Waals surface area (Å²) in [6, 6.07) is 21.8. The summed E-state index contributed by atoms with van der Waals surface area (Å²) in [6.45, 7) is 31.9. The van der Waals surface area contributed by atoms with Crippen LogP contribution in [-0.2, 0) is 95.9 Å². The average Bonchev–Trinajstić information content (AvgIpc) is 0.803. The monoisotopic (exact) mass is 2130 g/mol. The van der Waals surface area contributed by atoms with Crippen LogP contribution in [0.3, 0.4) is 0 Å². The molecule has 0 saturated carbocycles. The Kier molecular flexibility index (Phi) is 127. The number of aliphatic hydroxyl groups excluding tert-OH is 5. The van der Waals surface area contributed by atoms with E-state index in [-0.39, 0.29) is 221 Å². The van der Waals surface area contributed by atoms with Crippen molar-refractivity contribution in [2.75, 3.05) is 192 Å². The van der Waals surface area contributed by atoms with Crippen LogP contribution in [0.5, 0.6) is 17.2 Å².